The van der Waals surface area contributed by atoms with Crippen LogP contribution in [0.15, 0.2) is 29.2 Å². The molecule has 2 amide bonds. The van der Waals surface area contributed by atoms with Gasteiger partial charge in [-0.25, -0.2) is 13.2 Å². The van der Waals surface area contributed by atoms with Crippen molar-refractivity contribution >= 4 is 22.0 Å². The normalized spacial score (nSPS) is 16.3. The average molecular weight is 426 g/mol. The Morgan fingerprint density at radius 2 is 1.72 bits per heavy atom. The quantitative estimate of drug-likeness (QED) is 0.726. The van der Waals surface area contributed by atoms with Crippen LogP contribution in [0.3, 0.4) is 0 Å². The number of carbonyl (C=O) groups excluding carboxylic acids is 2. The fraction of sp³-hybridized carbons (Fsp3) is 0.600. The van der Waals surface area contributed by atoms with E-state index in [2.05, 4.69) is 10.6 Å². The van der Waals surface area contributed by atoms with Crippen molar-refractivity contribution in [1.82, 2.24) is 14.9 Å². The van der Waals surface area contributed by atoms with Crippen LogP contribution in [0, 0.1) is 0 Å². The third-order valence-electron chi connectivity index (χ3n) is 4.58. The van der Waals surface area contributed by atoms with Gasteiger partial charge in [0.2, 0.25) is 15.9 Å². The number of sulfonamides is 1. The summed E-state index contributed by atoms with van der Waals surface area (Å²) in [7, 11) is -3.53. The molecule has 162 valence electrons. The summed E-state index contributed by atoms with van der Waals surface area (Å²) in [5.41, 5.74) is 0.459. The zero-order chi connectivity index (χ0) is 21.7. The van der Waals surface area contributed by atoms with Gasteiger partial charge in [0.1, 0.15) is 12.1 Å². The minimum absolute atomic E-state index is 0.128. The van der Waals surface area contributed by atoms with E-state index < -0.39 is 21.7 Å². The molecule has 0 spiro atoms. The monoisotopic (exact) mass is 425 g/mol. The van der Waals surface area contributed by atoms with Crippen molar-refractivity contribution in [3.8, 4) is 0 Å². The Hall–Kier alpha value is -2.13. The lowest BCUT2D eigenvalue weighted by Crippen LogP contribution is -2.48. The maximum Gasteiger partial charge on any atom is 0.408 e. The molecule has 1 saturated heterocycles. The molecule has 29 heavy (non-hydrogen) atoms. The molecular weight excluding hydrogens is 394 g/mol. The molecule has 0 aromatic heterocycles. The van der Waals surface area contributed by atoms with Crippen LogP contribution in [0.1, 0.15) is 46.1 Å². The van der Waals surface area contributed by atoms with Crippen molar-refractivity contribution in [2.24, 2.45) is 0 Å². The Balaban J connectivity index is 1.80. The Morgan fingerprint density at radius 3 is 2.24 bits per heavy atom. The molecule has 1 fully saturated rings. The summed E-state index contributed by atoms with van der Waals surface area (Å²) < 4.78 is 32.1. The number of hydrogen-bond acceptors (Lipinski definition) is 5. The lowest BCUT2D eigenvalue weighted by atomic mass is 10.1. The van der Waals surface area contributed by atoms with Crippen molar-refractivity contribution in [3.63, 3.8) is 0 Å². The van der Waals surface area contributed by atoms with Gasteiger partial charge in [0, 0.05) is 19.1 Å². The largest absolute Gasteiger partial charge is 0.444 e. The number of nitrogens with one attached hydrogen (secondary N) is 2. The van der Waals surface area contributed by atoms with Crippen LogP contribution in [0.2, 0.25) is 0 Å². The molecule has 1 aromatic rings. The molecule has 1 aromatic carbocycles. The summed E-state index contributed by atoms with van der Waals surface area (Å²) in [5.74, 6) is -0.327. The fourth-order valence-electron chi connectivity index (χ4n) is 3.03. The van der Waals surface area contributed by atoms with Crippen LogP contribution >= 0.6 is 0 Å². The van der Waals surface area contributed by atoms with Crippen LogP contribution in [0.4, 0.5) is 4.79 Å². The van der Waals surface area contributed by atoms with Crippen LogP contribution in [0.25, 0.3) is 0 Å². The second kappa shape index (κ2) is 9.58. The van der Waals surface area contributed by atoms with E-state index in [0.29, 0.717) is 30.8 Å². The maximum atomic E-state index is 12.8. The lowest BCUT2D eigenvalue weighted by Gasteiger charge is -2.31. The topological polar surface area (TPSA) is 105 Å². The molecule has 2 rings (SSSR count). The highest BCUT2D eigenvalue weighted by molar-refractivity contribution is 7.89. The number of rotatable bonds is 6. The van der Waals surface area contributed by atoms with Crippen LogP contribution < -0.4 is 10.6 Å². The summed E-state index contributed by atoms with van der Waals surface area (Å²) in [6.45, 7) is 7.74. The van der Waals surface area contributed by atoms with Gasteiger partial charge in [0.15, 0.2) is 0 Å². The first kappa shape index (κ1) is 23.2. The Morgan fingerprint density at radius 1 is 1.14 bits per heavy atom. The molecule has 0 radical (unpaired) electrons. The first-order valence-electron chi connectivity index (χ1n) is 9.86. The Kier molecular flexibility index (Phi) is 7.65. The highest BCUT2D eigenvalue weighted by Gasteiger charge is 2.30. The van der Waals surface area contributed by atoms with Crippen molar-refractivity contribution < 1.29 is 22.7 Å². The molecule has 8 nitrogen and oxygen atoms in total. The van der Waals surface area contributed by atoms with Crippen molar-refractivity contribution in [3.05, 3.63) is 29.8 Å². The lowest BCUT2D eigenvalue weighted by molar-refractivity contribution is -0.121. The van der Waals surface area contributed by atoms with Gasteiger partial charge in [-0.05, 0) is 57.7 Å². The van der Waals surface area contributed by atoms with Gasteiger partial charge >= 0.3 is 6.09 Å². The second-order valence-corrected chi connectivity index (χ2v) is 10.0. The third-order valence-corrected chi connectivity index (χ3v) is 6.49. The van der Waals surface area contributed by atoms with Crippen molar-refractivity contribution in [2.75, 3.05) is 19.6 Å². The number of aryl methyl sites for hydroxylation is 1. The summed E-state index contributed by atoms with van der Waals surface area (Å²) in [6.07, 6.45) is 1.24. The smallest absolute Gasteiger partial charge is 0.408 e. The minimum atomic E-state index is -3.53. The number of hydrogen-bond donors (Lipinski definition) is 2. The molecule has 0 unspecified atom stereocenters. The second-order valence-electron chi connectivity index (χ2n) is 8.10. The van der Waals surface area contributed by atoms with Gasteiger partial charge in [-0.2, -0.15) is 4.31 Å². The van der Waals surface area contributed by atoms with Gasteiger partial charge in [-0.1, -0.05) is 19.1 Å². The number of piperidine rings is 1. The van der Waals surface area contributed by atoms with Gasteiger partial charge in [-0.15, -0.1) is 0 Å². The Bertz CT molecular complexity index is 808. The Labute approximate surface area is 173 Å². The third kappa shape index (κ3) is 7.01. The summed E-state index contributed by atoms with van der Waals surface area (Å²) in [5, 5.41) is 5.25. The van der Waals surface area contributed by atoms with Gasteiger partial charge in [0.05, 0.1) is 4.90 Å². The zero-order valence-corrected chi connectivity index (χ0v) is 18.3. The predicted molar refractivity (Wildman–Crippen MR) is 110 cm³/mol. The van der Waals surface area contributed by atoms with E-state index in [-0.39, 0.29) is 18.5 Å². The molecule has 0 saturated carbocycles. The number of amides is 2. The number of ether oxygens (including phenoxy) is 1. The van der Waals surface area contributed by atoms with E-state index >= 15 is 0 Å². The van der Waals surface area contributed by atoms with Crippen LogP contribution in [-0.2, 0) is 26.0 Å². The highest BCUT2D eigenvalue weighted by Crippen LogP contribution is 2.21. The number of alkyl carbamates (subject to hydrolysis) is 1. The van der Waals surface area contributed by atoms with Crippen molar-refractivity contribution in [2.45, 2.75) is 63.5 Å². The van der Waals surface area contributed by atoms with E-state index in [4.69, 9.17) is 4.74 Å². The molecular formula is C20H31N3O5S. The first-order chi connectivity index (χ1) is 13.5. The fourth-order valence-corrected chi connectivity index (χ4v) is 4.50. The van der Waals surface area contributed by atoms with E-state index in [9.17, 15) is 18.0 Å². The molecule has 9 heteroatoms. The molecule has 0 aliphatic carbocycles. The molecule has 2 N–H and O–H groups in total. The summed E-state index contributed by atoms with van der Waals surface area (Å²) in [4.78, 5) is 23.9. The molecule has 1 heterocycles. The molecule has 0 bridgehead atoms. The summed E-state index contributed by atoms with van der Waals surface area (Å²) in [6, 6.07) is 6.82. The maximum absolute atomic E-state index is 12.8. The van der Waals surface area contributed by atoms with E-state index in [1.807, 2.05) is 19.1 Å². The van der Waals surface area contributed by atoms with E-state index in [0.717, 1.165) is 12.0 Å². The average Bonchev–Trinajstić information content (AvgIpc) is 2.65. The first-order valence-corrected chi connectivity index (χ1v) is 11.3. The minimum Gasteiger partial charge on any atom is -0.444 e. The van der Waals surface area contributed by atoms with Crippen LogP contribution in [-0.4, -0.2) is 56.0 Å². The number of nitrogens with zero attached hydrogens (tertiary/aromatic N) is 1. The predicted octanol–water partition coefficient (Wildman–Crippen LogP) is 2.04. The van der Waals surface area contributed by atoms with Gasteiger partial charge in [-0.3, -0.25) is 4.79 Å². The van der Waals surface area contributed by atoms with Crippen LogP contribution in [0.5, 0.6) is 0 Å². The van der Waals surface area contributed by atoms with E-state index in [1.54, 1.807) is 32.9 Å². The van der Waals surface area contributed by atoms with E-state index in [1.165, 1.54) is 4.31 Å². The zero-order valence-electron chi connectivity index (χ0n) is 17.5. The molecule has 1 aliphatic heterocycles. The number of carbonyl (C=O) groups is 2. The highest BCUT2D eigenvalue weighted by atomic mass is 32.2. The number of benzene rings is 1. The standard InChI is InChI=1S/C20H31N3O5S/c1-5-15-6-8-17(9-7-15)29(26,27)23-12-10-16(11-13-23)22-18(24)14-21-19(25)28-20(2,3)4/h6-9,16H,5,10-14H2,1-4H3,(H,21,25)(H,22,24). The summed E-state index contributed by atoms with van der Waals surface area (Å²) >= 11 is 0. The van der Waals surface area contributed by atoms with Gasteiger partial charge in [0.25, 0.3) is 0 Å². The van der Waals surface area contributed by atoms with Crippen molar-refractivity contribution in [1.29, 1.82) is 0 Å². The molecule has 1 aliphatic rings. The molecule has 0 atom stereocenters. The SMILES string of the molecule is CCc1ccc(S(=O)(=O)N2CCC(NC(=O)CNC(=O)OC(C)(C)C)CC2)cc1. The van der Waals surface area contributed by atoms with Gasteiger partial charge < -0.3 is 15.4 Å².